The van der Waals surface area contributed by atoms with Gasteiger partial charge in [0.2, 0.25) is 0 Å². The lowest BCUT2D eigenvalue weighted by molar-refractivity contribution is 0.0456. The molecule has 0 N–H and O–H groups in total. The molecule has 1 rings (SSSR count). The van der Waals surface area contributed by atoms with Crippen LogP contribution in [0.3, 0.4) is 0 Å². The largest absolute Gasteiger partial charge is 0.466 e. The molecule has 0 amide bonds. The second-order valence-corrected chi connectivity index (χ2v) is 2.84. The normalized spacial score (nSPS) is 9.56. The highest BCUT2D eigenvalue weighted by Gasteiger charge is 2.10. The zero-order valence-corrected chi connectivity index (χ0v) is 9.23. The van der Waals surface area contributed by atoms with Gasteiger partial charge in [-0.1, -0.05) is 6.07 Å². The number of ether oxygens (including phenoxy) is 4. The summed E-state index contributed by atoms with van der Waals surface area (Å²) in [5.41, 5.74) is 0.330. The molecule has 0 heterocycles. The third kappa shape index (κ3) is 3.12. The van der Waals surface area contributed by atoms with E-state index in [1.54, 1.807) is 18.2 Å². The van der Waals surface area contributed by atoms with Gasteiger partial charge in [-0.25, -0.2) is 0 Å². The second-order valence-electron chi connectivity index (χ2n) is 2.84. The number of methoxy groups -OCH3 is 2. The van der Waals surface area contributed by atoms with Crippen LogP contribution in [0, 0.1) is 11.3 Å². The monoisotopic (exact) mass is 223 g/mol. The molecular formula is C11H13NO4. The molecule has 0 atom stereocenters. The topological polar surface area (TPSA) is 60.7 Å². The van der Waals surface area contributed by atoms with Gasteiger partial charge in [0.1, 0.15) is 23.1 Å². The van der Waals surface area contributed by atoms with Crippen LogP contribution in [-0.2, 0) is 9.47 Å². The first-order chi connectivity index (χ1) is 7.83. The summed E-state index contributed by atoms with van der Waals surface area (Å²) >= 11 is 0. The molecule has 0 saturated carbocycles. The van der Waals surface area contributed by atoms with E-state index < -0.39 is 0 Å². The molecule has 0 bridgehead atoms. The minimum atomic E-state index is 0.0857. The van der Waals surface area contributed by atoms with Crippen molar-refractivity contribution in [2.75, 3.05) is 27.8 Å². The van der Waals surface area contributed by atoms with Gasteiger partial charge in [0, 0.05) is 14.2 Å². The highest BCUT2D eigenvalue weighted by molar-refractivity contribution is 5.52. The van der Waals surface area contributed by atoms with Gasteiger partial charge in [-0.2, -0.15) is 5.26 Å². The Morgan fingerprint density at radius 3 is 1.94 bits per heavy atom. The summed E-state index contributed by atoms with van der Waals surface area (Å²) < 4.78 is 20.0. The molecular weight excluding hydrogens is 210 g/mol. The van der Waals surface area contributed by atoms with E-state index in [2.05, 4.69) is 0 Å². The summed E-state index contributed by atoms with van der Waals surface area (Å²) in [5, 5.41) is 9.01. The maximum absolute atomic E-state index is 9.01. The molecule has 86 valence electrons. The standard InChI is InChI=1S/C11H13NO4/c1-13-7-15-10-4-3-5-11(9(10)6-12)16-8-14-2/h3-5H,7-8H2,1-2H3. The summed E-state index contributed by atoms with van der Waals surface area (Å²) in [7, 11) is 3.02. The summed E-state index contributed by atoms with van der Waals surface area (Å²) in [5.74, 6) is 0.857. The van der Waals surface area contributed by atoms with Gasteiger partial charge >= 0.3 is 0 Å². The lowest BCUT2D eigenvalue weighted by Gasteiger charge is -2.10. The molecule has 0 saturated heterocycles. The van der Waals surface area contributed by atoms with Crippen LogP contribution in [0.25, 0.3) is 0 Å². The van der Waals surface area contributed by atoms with Crippen molar-refractivity contribution in [1.82, 2.24) is 0 Å². The van der Waals surface area contributed by atoms with E-state index in [9.17, 15) is 0 Å². The van der Waals surface area contributed by atoms with Crippen LogP contribution in [0.2, 0.25) is 0 Å². The molecule has 0 aliphatic heterocycles. The number of nitrogens with zero attached hydrogens (tertiary/aromatic N) is 1. The Balaban J connectivity index is 2.88. The van der Waals surface area contributed by atoms with Gasteiger partial charge in [0.05, 0.1) is 0 Å². The van der Waals surface area contributed by atoms with Crippen LogP contribution < -0.4 is 9.47 Å². The third-order valence-electron chi connectivity index (χ3n) is 1.76. The first-order valence-electron chi connectivity index (χ1n) is 4.60. The van der Waals surface area contributed by atoms with Gasteiger partial charge in [0.15, 0.2) is 13.6 Å². The summed E-state index contributed by atoms with van der Waals surface area (Å²) in [6, 6.07) is 7.11. The van der Waals surface area contributed by atoms with Crippen molar-refractivity contribution < 1.29 is 18.9 Å². The SMILES string of the molecule is COCOc1cccc(OCOC)c1C#N. The lowest BCUT2D eigenvalue weighted by Crippen LogP contribution is -2.04. The fourth-order valence-corrected chi connectivity index (χ4v) is 1.11. The Hall–Kier alpha value is -1.77. The fraction of sp³-hybridized carbons (Fsp3) is 0.364. The number of hydrogen-bond acceptors (Lipinski definition) is 5. The summed E-state index contributed by atoms with van der Waals surface area (Å²) in [4.78, 5) is 0. The molecule has 0 fully saturated rings. The van der Waals surface area contributed by atoms with Gasteiger partial charge in [-0.15, -0.1) is 0 Å². The molecule has 5 nitrogen and oxygen atoms in total. The van der Waals surface area contributed by atoms with E-state index in [0.29, 0.717) is 17.1 Å². The Kier molecular flexibility index (Phi) is 5.12. The van der Waals surface area contributed by atoms with E-state index in [-0.39, 0.29) is 13.6 Å². The third-order valence-corrected chi connectivity index (χ3v) is 1.76. The Morgan fingerprint density at radius 2 is 1.56 bits per heavy atom. The van der Waals surface area contributed by atoms with E-state index in [0.717, 1.165) is 0 Å². The highest BCUT2D eigenvalue weighted by atomic mass is 16.7. The minimum absolute atomic E-state index is 0.0857. The van der Waals surface area contributed by atoms with Crippen molar-refractivity contribution in [1.29, 1.82) is 5.26 Å². The first kappa shape index (κ1) is 12.3. The van der Waals surface area contributed by atoms with Gasteiger partial charge in [-0.05, 0) is 12.1 Å². The first-order valence-corrected chi connectivity index (χ1v) is 4.60. The average molecular weight is 223 g/mol. The molecule has 0 aliphatic rings. The zero-order valence-electron chi connectivity index (χ0n) is 9.23. The highest BCUT2D eigenvalue weighted by Crippen LogP contribution is 2.27. The maximum Gasteiger partial charge on any atom is 0.188 e. The Labute approximate surface area is 94.1 Å². The van der Waals surface area contributed by atoms with Crippen molar-refractivity contribution in [3.63, 3.8) is 0 Å². The number of nitriles is 1. The zero-order chi connectivity index (χ0) is 11.8. The summed E-state index contributed by atoms with van der Waals surface area (Å²) in [6.45, 7) is 0.171. The van der Waals surface area contributed by atoms with Crippen molar-refractivity contribution in [3.05, 3.63) is 23.8 Å². The molecule has 0 radical (unpaired) electrons. The van der Waals surface area contributed by atoms with Gasteiger partial charge in [0.25, 0.3) is 0 Å². The Bertz CT molecular complexity index is 346. The molecule has 0 unspecified atom stereocenters. The van der Waals surface area contributed by atoms with E-state index >= 15 is 0 Å². The van der Waals surface area contributed by atoms with Crippen LogP contribution in [0.4, 0.5) is 0 Å². The van der Waals surface area contributed by atoms with Crippen LogP contribution in [0.15, 0.2) is 18.2 Å². The van der Waals surface area contributed by atoms with Gasteiger partial charge in [-0.3, -0.25) is 0 Å². The quantitative estimate of drug-likeness (QED) is 0.684. The minimum Gasteiger partial charge on any atom is -0.466 e. The number of hydrogen-bond donors (Lipinski definition) is 0. The van der Waals surface area contributed by atoms with Crippen molar-refractivity contribution in [2.45, 2.75) is 0 Å². The van der Waals surface area contributed by atoms with E-state index in [1.165, 1.54) is 14.2 Å². The number of rotatable bonds is 6. The van der Waals surface area contributed by atoms with Crippen molar-refractivity contribution in [2.24, 2.45) is 0 Å². The Morgan fingerprint density at radius 1 is 1.06 bits per heavy atom. The van der Waals surface area contributed by atoms with Crippen LogP contribution >= 0.6 is 0 Å². The van der Waals surface area contributed by atoms with Crippen LogP contribution in [0.1, 0.15) is 5.56 Å². The second kappa shape index (κ2) is 6.67. The fourth-order valence-electron chi connectivity index (χ4n) is 1.11. The molecule has 5 heteroatoms. The van der Waals surface area contributed by atoms with Crippen LogP contribution in [-0.4, -0.2) is 27.8 Å². The number of benzene rings is 1. The maximum atomic E-state index is 9.01. The molecule has 0 spiro atoms. The van der Waals surface area contributed by atoms with E-state index in [4.69, 9.17) is 24.2 Å². The van der Waals surface area contributed by atoms with Crippen LogP contribution in [0.5, 0.6) is 11.5 Å². The predicted molar refractivity (Wildman–Crippen MR) is 56.2 cm³/mol. The molecule has 16 heavy (non-hydrogen) atoms. The average Bonchev–Trinajstić information content (AvgIpc) is 2.33. The van der Waals surface area contributed by atoms with Crippen molar-refractivity contribution >= 4 is 0 Å². The smallest absolute Gasteiger partial charge is 0.188 e. The predicted octanol–water partition coefficient (Wildman–Crippen LogP) is 1.52. The van der Waals surface area contributed by atoms with E-state index in [1.807, 2.05) is 6.07 Å². The van der Waals surface area contributed by atoms with Gasteiger partial charge < -0.3 is 18.9 Å². The summed E-state index contributed by atoms with van der Waals surface area (Å²) in [6.07, 6.45) is 0. The molecule has 0 aromatic heterocycles. The van der Waals surface area contributed by atoms with Crippen molar-refractivity contribution in [3.8, 4) is 17.6 Å². The molecule has 0 aliphatic carbocycles. The lowest BCUT2D eigenvalue weighted by atomic mass is 10.2. The molecule has 1 aromatic rings. The molecule has 1 aromatic carbocycles.